The van der Waals surface area contributed by atoms with Crippen molar-refractivity contribution in [1.29, 1.82) is 0 Å². The fraction of sp³-hybridized carbons (Fsp3) is 0.333. The van der Waals surface area contributed by atoms with Crippen LogP contribution in [0.5, 0.6) is 5.75 Å². The Balaban J connectivity index is 3.01. The van der Waals surface area contributed by atoms with Crippen LogP contribution in [0.2, 0.25) is 0 Å². The van der Waals surface area contributed by atoms with Crippen LogP contribution in [0.4, 0.5) is 5.69 Å². The minimum atomic E-state index is -1.48. The molecule has 1 N–H and O–H groups in total. The van der Waals surface area contributed by atoms with Crippen molar-refractivity contribution in [2.75, 3.05) is 20.2 Å². The monoisotopic (exact) mass is 282 g/mol. The average Bonchev–Trinajstić information content (AvgIpc) is 2.42. The number of nitro benzene ring substituents is 1. The van der Waals surface area contributed by atoms with Crippen molar-refractivity contribution in [3.8, 4) is 5.75 Å². The van der Waals surface area contributed by atoms with Crippen molar-refractivity contribution in [2.45, 2.75) is 6.92 Å². The molecule has 0 unspecified atom stereocenters. The third-order valence-corrected chi connectivity index (χ3v) is 2.67. The van der Waals surface area contributed by atoms with Crippen LogP contribution < -0.4 is 4.74 Å². The van der Waals surface area contributed by atoms with Crippen LogP contribution in [0.25, 0.3) is 0 Å². The Morgan fingerprint density at radius 3 is 2.60 bits per heavy atom. The molecule has 0 heterocycles. The van der Waals surface area contributed by atoms with Crippen molar-refractivity contribution in [1.82, 2.24) is 4.90 Å². The molecule has 20 heavy (non-hydrogen) atoms. The van der Waals surface area contributed by atoms with Crippen LogP contribution >= 0.6 is 0 Å². The summed E-state index contributed by atoms with van der Waals surface area (Å²) < 4.78 is 5.10. The minimum Gasteiger partial charge on any atom is -0.483 e. The maximum absolute atomic E-state index is 11.6. The molecule has 8 nitrogen and oxygen atoms in total. The number of carboxylic acids is 1. The van der Waals surface area contributed by atoms with Gasteiger partial charge in [0.1, 0.15) is 5.75 Å². The number of ether oxygens (including phenoxy) is 1. The highest BCUT2D eigenvalue weighted by molar-refractivity contribution is 5.95. The van der Waals surface area contributed by atoms with E-state index in [-0.39, 0.29) is 18.3 Å². The van der Waals surface area contributed by atoms with E-state index in [0.717, 1.165) is 6.07 Å². The molecule has 0 saturated heterocycles. The number of benzene rings is 1. The second kappa shape index (κ2) is 6.50. The van der Waals surface area contributed by atoms with E-state index < -0.39 is 22.1 Å². The normalized spacial score (nSPS) is 9.90. The molecule has 1 amide bonds. The molecular formula is C12H14N2O6. The van der Waals surface area contributed by atoms with E-state index in [2.05, 4.69) is 0 Å². The summed E-state index contributed by atoms with van der Waals surface area (Å²) in [5.74, 6) is -2.04. The first-order valence-electron chi connectivity index (χ1n) is 5.76. The number of nitro groups is 1. The van der Waals surface area contributed by atoms with Gasteiger partial charge in [-0.15, -0.1) is 0 Å². The molecule has 1 aromatic rings. The van der Waals surface area contributed by atoms with Gasteiger partial charge >= 0.3 is 5.97 Å². The van der Waals surface area contributed by atoms with Crippen molar-refractivity contribution in [3.63, 3.8) is 0 Å². The molecule has 0 atom stereocenters. The highest BCUT2D eigenvalue weighted by atomic mass is 16.6. The summed E-state index contributed by atoms with van der Waals surface area (Å²) in [7, 11) is 1.57. The minimum absolute atomic E-state index is 0.204. The van der Waals surface area contributed by atoms with Crippen LogP contribution in [0.3, 0.4) is 0 Å². The summed E-state index contributed by atoms with van der Waals surface area (Å²) in [4.78, 5) is 34.0. The first-order valence-corrected chi connectivity index (χ1v) is 5.76. The number of carbonyl (C=O) groups excluding carboxylic acids is 1. The van der Waals surface area contributed by atoms with E-state index in [4.69, 9.17) is 9.84 Å². The number of nitrogens with zero attached hydrogens (tertiary/aromatic N) is 2. The molecule has 0 spiro atoms. The maximum atomic E-state index is 11.6. The van der Waals surface area contributed by atoms with Gasteiger partial charge in [-0.25, -0.2) is 4.79 Å². The molecule has 0 aromatic heterocycles. The molecule has 1 rings (SSSR count). The Hall–Kier alpha value is -2.64. The summed E-state index contributed by atoms with van der Waals surface area (Å²) in [6.45, 7) is 1.86. The summed E-state index contributed by atoms with van der Waals surface area (Å²) in [6.07, 6.45) is 0. The Morgan fingerprint density at radius 2 is 2.10 bits per heavy atom. The second-order valence-electron chi connectivity index (χ2n) is 3.91. The van der Waals surface area contributed by atoms with E-state index in [9.17, 15) is 19.7 Å². The van der Waals surface area contributed by atoms with Gasteiger partial charge in [0.25, 0.3) is 11.6 Å². The molecule has 8 heteroatoms. The highest BCUT2D eigenvalue weighted by Crippen LogP contribution is 2.28. The van der Waals surface area contributed by atoms with Gasteiger partial charge in [0.05, 0.1) is 4.92 Å². The summed E-state index contributed by atoms with van der Waals surface area (Å²) in [6, 6.07) is 3.64. The first-order chi connectivity index (χ1) is 9.38. The summed E-state index contributed by atoms with van der Waals surface area (Å²) in [5.41, 5.74) is -1.14. The number of aromatic carboxylic acids is 1. The Bertz CT molecular complexity index is 543. The number of carboxylic acid groups (broad SMARTS) is 1. The van der Waals surface area contributed by atoms with Crippen molar-refractivity contribution in [2.24, 2.45) is 0 Å². The highest BCUT2D eigenvalue weighted by Gasteiger charge is 2.25. The molecule has 0 saturated carbocycles. The lowest BCUT2D eigenvalue weighted by Crippen LogP contribution is -2.31. The number of carbonyl (C=O) groups is 2. The first kappa shape index (κ1) is 15.4. The summed E-state index contributed by atoms with van der Waals surface area (Å²) in [5, 5.41) is 19.8. The smallest absolute Gasteiger partial charge is 0.346 e. The number of hydrogen-bond donors (Lipinski definition) is 1. The van der Waals surface area contributed by atoms with Crippen molar-refractivity contribution >= 4 is 17.6 Å². The van der Waals surface area contributed by atoms with Crippen molar-refractivity contribution in [3.05, 3.63) is 33.9 Å². The molecule has 0 aliphatic carbocycles. The van der Waals surface area contributed by atoms with Crippen LogP contribution in [0.15, 0.2) is 18.2 Å². The zero-order valence-corrected chi connectivity index (χ0v) is 11.0. The molecule has 0 fully saturated rings. The largest absolute Gasteiger partial charge is 0.483 e. The van der Waals surface area contributed by atoms with E-state index in [1.54, 1.807) is 14.0 Å². The Kier molecular flexibility index (Phi) is 5.01. The van der Waals surface area contributed by atoms with E-state index in [0.29, 0.717) is 6.54 Å². The van der Waals surface area contributed by atoms with Gasteiger partial charge in [0, 0.05) is 19.7 Å². The van der Waals surface area contributed by atoms with Crippen LogP contribution in [0, 0.1) is 10.1 Å². The van der Waals surface area contributed by atoms with Gasteiger partial charge in [-0.2, -0.15) is 0 Å². The van der Waals surface area contributed by atoms with Gasteiger partial charge in [-0.05, 0) is 13.0 Å². The molecule has 0 aliphatic rings. The number of amides is 1. The van der Waals surface area contributed by atoms with Crippen LogP contribution in [-0.2, 0) is 4.79 Å². The Labute approximate surface area is 114 Å². The van der Waals surface area contributed by atoms with Gasteiger partial charge in [0.2, 0.25) is 0 Å². The fourth-order valence-corrected chi connectivity index (χ4v) is 1.43. The fourth-order valence-electron chi connectivity index (χ4n) is 1.43. The standard InChI is InChI=1S/C12H14N2O6/c1-3-13(2)10(15)7-20-9-6-4-5-8(14(18)19)11(9)12(16)17/h4-6H,3,7H2,1-2H3,(H,16,17). The average molecular weight is 282 g/mol. The zero-order valence-electron chi connectivity index (χ0n) is 11.0. The van der Waals surface area contributed by atoms with E-state index in [1.807, 2.05) is 0 Å². The lowest BCUT2D eigenvalue weighted by molar-refractivity contribution is -0.385. The summed E-state index contributed by atoms with van der Waals surface area (Å²) >= 11 is 0. The van der Waals surface area contributed by atoms with Crippen LogP contribution in [0.1, 0.15) is 17.3 Å². The lowest BCUT2D eigenvalue weighted by atomic mass is 10.1. The molecule has 0 bridgehead atoms. The SMILES string of the molecule is CCN(C)C(=O)COc1cccc([N+](=O)[O-])c1C(=O)O. The van der Waals surface area contributed by atoms with Gasteiger partial charge in [0.15, 0.2) is 12.2 Å². The number of likely N-dealkylation sites (N-methyl/N-ethyl adjacent to an activating group) is 1. The number of rotatable bonds is 6. The van der Waals surface area contributed by atoms with Gasteiger partial charge < -0.3 is 14.7 Å². The van der Waals surface area contributed by atoms with Gasteiger partial charge in [-0.3, -0.25) is 14.9 Å². The quantitative estimate of drug-likeness (QED) is 0.619. The van der Waals surface area contributed by atoms with Crippen molar-refractivity contribution < 1.29 is 24.4 Å². The van der Waals surface area contributed by atoms with E-state index in [1.165, 1.54) is 17.0 Å². The maximum Gasteiger partial charge on any atom is 0.346 e. The number of hydrogen-bond acceptors (Lipinski definition) is 5. The van der Waals surface area contributed by atoms with Gasteiger partial charge in [-0.1, -0.05) is 6.07 Å². The molecule has 0 radical (unpaired) electrons. The van der Waals surface area contributed by atoms with E-state index >= 15 is 0 Å². The lowest BCUT2D eigenvalue weighted by Gasteiger charge is -2.15. The van der Waals surface area contributed by atoms with Crippen LogP contribution in [-0.4, -0.2) is 47.0 Å². The molecular weight excluding hydrogens is 268 g/mol. The topological polar surface area (TPSA) is 110 Å². The molecule has 0 aliphatic heterocycles. The third-order valence-electron chi connectivity index (χ3n) is 2.67. The Morgan fingerprint density at radius 1 is 1.45 bits per heavy atom. The molecule has 108 valence electrons. The second-order valence-corrected chi connectivity index (χ2v) is 3.91. The predicted octanol–water partition coefficient (Wildman–Crippen LogP) is 1.15. The predicted molar refractivity (Wildman–Crippen MR) is 68.9 cm³/mol. The molecule has 1 aromatic carbocycles. The zero-order chi connectivity index (χ0) is 15.3. The third kappa shape index (κ3) is 3.44.